The summed E-state index contributed by atoms with van der Waals surface area (Å²) in [5.41, 5.74) is 0.351. The molecule has 0 heterocycles. The van der Waals surface area contributed by atoms with Gasteiger partial charge < -0.3 is 9.90 Å². The highest BCUT2D eigenvalue weighted by Crippen LogP contribution is 2.24. The van der Waals surface area contributed by atoms with Crippen molar-refractivity contribution in [2.45, 2.75) is 11.8 Å². The minimum Gasteiger partial charge on any atom is -0.545 e. The summed E-state index contributed by atoms with van der Waals surface area (Å²) in [6, 6.07) is 10.00. The summed E-state index contributed by atoms with van der Waals surface area (Å²) < 4.78 is 26.8. The van der Waals surface area contributed by atoms with Gasteiger partial charge in [-0.25, -0.2) is 8.42 Å². The molecule has 5 nitrogen and oxygen atoms in total. The lowest BCUT2D eigenvalue weighted by Crippen LogP contribution is -2.25. The van der Waals surface area contributed by atoms with Gasteiger partial charge in [-0.15, -0.1) is 0 Å². The van der Waals surface area contributed by atoms with Crippen LogP contribution in [0.2, 0.25) is 5.02 Å². The third-order valence-corrected chi connectivity index (χ3v) is 4.34. The van der Waals surface area contributed by atoms with E-state index in [-0.39, 0.29) is 21.2 Å². The summed E-state index contributed by atoms with van der Waals surface area (Å²) in [7, 11) is -3.91. The van der Waals surface area contributed by atoms with E-state index in [2.05, 4.69) is 4.72 Å². The Balaban J connectivity index is 2.46. The van der Waals surface area contributed by atoms with Crippen molar-refractivity contribution in [3.05, 3.63) is 58.6 Å². The van der Waals surface area contributed by atoms with E-state index in [4.69, 9.17) is 11.6 Å². The van der Waals surface area contributed by atoms with E-state index >= 15 is 0 Å². The third kappa shape index (κ3) is 3.53. The molecule has 0 amide bonds. The predicted octanol–water partition coefficient (Wildman–Crippen LogP) is 1.81. The highest BCUT2D eigenvalue weighted by atomic mass is 35.5. The summed E-state index contributed by atoms with van der Waals surface area (Å²) in [6.07, 6.45) is 0. The van der Waals surface area contributed by atoms with Gasteiger partial charge in [0.2, 0.25) is 0 Å². The first kappa shape index (κ1) is 15.3. The second-order valence-electron chi connectivity index (χ2n) is 4.40. The maximum atomic E-state index is 12.3. The fourth-order valence-electron chi connectivity index (χ4n) is 1.77. The van der Waals surface area contributed by atoms with Crippen molar-refractivity contribution in [3.8, 4) is 0 Å². The molecular formula is C14H11ClNO4S-. The summed E-state index contributed by atoms with van der Waals surface area (Å²) in [4.78, 5) is 11.1. The molecule has 0 unspecified atom stereocenters. The standard InChI is InChI=1S/C14H12ClNO4S/c1-9-3-2-4-11(7-9)21(19,20)16-13-8-10(15)5-6-12(13)14(17)18/h2-8,16H,1H3,(H,17,18)/p-1. The smallest absolute Gasteiger partial charge is 0.261 e. The molecule has 0 fully saturated rings. The number of hydrogen-bond donors (Lipinski definition) is 1. The summed E-state index contributed by atoms with van der Waals surface area (Å²) in [5.74, 6) is -1.49. The van der Waals surface area contributed by atoms with Crippen LogP contribution in [0.15, 0.2) is 47.4 Å². The zero-order valence-corrected chi connectivity index (χ0v) is 12.5. The molecule has 0 atom stereocenters. The number of nitrogens with one attached hydrogen (secondary N) is 1. The van der Waals surface area contributed by atoms with E-state index < -0.39 is 16.0 Å². The zero-order valence-electron chi connectivity index (χ0n) is 11.0. The summed E-state index contributed by atoms with van der Waals surface area (Å²) in [6.45, 7) is 1.75. The number of carboxylic acids is 1. The average Bonchev–Trinajstić information content (AvgIpc) is 2.38. The molecule has 2 aromatic rings. The highest BCUT2D eigenvalue weighted by molar-refractivity contribution is 7.92. The Morgan fingerprint density at radius 2 is 1.90 bits per heavy atom. The van der Waals surface area contributed by atoms with Crippen LogP contribution in [0.5, 0.6) is 0 Å². The number of hydrogen-bond acceptors (Lipinski definition) is 4. The Kier molecular flexibility index (Phi) is 4.20. The molecule has 0 aliphatic rings. The fraction of sp³-hybridized carbons (Fsp3) is 0.0714. The SMILES string of the molecule is Cc1cccc(S(=O)(=O)Nc2cc(Cl)ccc2C(=O)[O-])c1. The lowest BCUT2D eigenvalue weighted by Gasteiger charge is -2.14. The van der Waals surface area contributed by atoms with Gasteiger partial charge in [0.1, 0.15) is 0 Å². The van der Waals surface area contributed by atoms with Crippen molar-refractivity contribution in [3.63, 3.8) is 0 Å². The number of sulfonamides is 1. The lowest BCUT2D eigenvalue weighted by molar-refractivity contribution is -0.254. The van der Waals surface area contributed by atoms with Crippen LogP contribution in [0.1, 0.15) is 15.9 Å². The number of aryl methyl sites for hydroxylation is 1. The van der Waals surface area contributed by atoms with Crippen LogP contribution >= 0.6 is 11.6 Å². The molecule has 0 spiro atoms. The van der Waals surface area contributed by atoms with E-state index in [0.29, 0.717) is 0 Å². The normalized spacial score (nSPS) is 11.1. The van der Waals surface area contributed by atoms with Crippen molar-refractivity contribution in [1.82, 2.24) is 0 Å². The van der Waals surface area contributed by atoms with Gasteiger partial charge in [-0.2, -0.15) is 0 Å². The molecule has 0 aliphatic heterocycles. The van der Waals surface area contributed by atoms with Crippen molar-refractivity contribution in [2.75, 3.05) is 4.72 Å². The number of anilines is 1. The topological polar surface area (TPSA) is 86.3 Å². The maximum Gasteiger partial charge on any atom is 0.261 e. The molecule has 110 valence electrons. The Labute approximate surface area is 127 Å². The van der Waals surface area contributed by atoms with Crippen LogP contribution in [0.4, 0.5) is 5.69 Å². The highest BCUT2D eigenvalue weighted by Gasteiger charge is 2.16. The van der Waals surface area contributed by atoms with Crippen molar-refractivity contribution in [1.29, 1.82) is 0 Å². The van der Waals surface area contributed by atoms with Gasteiger partial charge >= 0.3 is 0 Å². The molecule has 2 rings (SSSR count). The van der Waals surface area contributed by atoms with Gasteiger partial charge in [0.05, 0.1) is 16.6 Å². The number of rotatable bonds is 4. The minimum absolute atomic E-state index is 0.0340. The number of halogens is 1. The maximum absolute atomic E-state index is 12.3. The van der Waals surface area contributed by atoms with Gasteiger partial charge in [-0.1, -0.05) is 23.7 Å². The number of carboxylic acid groups (broad SMARTS) is 1. The number of aromatic carboxylic acids is 1. The van der Waals surface area contributed by atoms with Crippen molar-refractivity contribution >= 4 is 33.3 Å². The van der Waals surface area contributed by atoms with Crippen LogP contribution in [0.3, 0.4) is 0 Å². The number of benzene rings is 2. The molecule has 0 aliphatic carbocycles. The minimum atomic E-state index is -3.91. The fourth-order valence-corrected chi connectivity index (χ4v) is 3.11. The van der Waals surface area contributed by atoms with Crippen LogP contribution in [0, 0.1) is 6.92 Å². The molecule has 0 bridgehead atoms. The molecule has 0 radical (unpaired) electrons. The molecule has 7 heteroatoms. The largest absolute Gasteiger partial charge is 0.545 e. The van der Waals surface area contributed by atoms with Gasteiger partial charge in [0.15, 0.2) is 0 Å². The Morgan fingerprint density at radius 1 is 1.19 bits per heavy atom. The van der Waals surface area contributed by atoms with E-state index in [0.717, 1.165) is 5.56 Å². The first-order valence-electron chi connectivity index (χ1n) is 5.90. The monoisotopic (exact) mass is 324 g/mol. The van der Waals surface area contributed by atoms with E-state index in [1.165, 1.54) is 30.3 Å². The van der Waals surface area contributed by atoms with Gasteiger partial charge in [0, 0.05) is 10.6 Å². The summed E-state index contributed by atoms with van der Waals surface area (Å²) >= 11 is 5.77. The van der Waals surface area contributed by atoms with Crippen LogP contribution in [0.25, 0.3) is 0 Å². The van der Waals surface area contributed by atoms with E-state index in [1.54, 1.807) is 19.1 Å². The van der Waals surface area contributed by atoms with Gasteiger partial charge in [0.25, 0.3) is 10.0 Å². The first-order chi connectivity index (χ1) is 9.79. The molecule has 21 heavy (non-hydrogen) atoms. The first-order valence-corrected chi connectivity index (χ1v) is 7.76. The molecule has 0 aromatic heterocycles. The van der Waals surface area contributed by atoms with E-state index in [1.807, 2.05) is 0 Å². The molecular weight excluding hydrogens is 314 g/mol. The van der Waals surface area contributed by atoms with Crippen LogP contribution in [-0.2, 0) is 10.0 Å². The summed E-state index contributed by atoms with van der Waals surface area (Å²) in [5, 5.41) is 11.2. The molecule has 0 saturated heterocycles. The Bertz CT molecular complexity index is 802. The van der Waals surface area contributed by atoms with Crippen LogP contribution < -0.4 is 9.83 Å². The Morgan fingerprint density at radius 3 is 2.52 bits per heavy atom. The van der Waals surface area contributed by atoms with Gasteiger partial charge in [-0.05, 0) is 42.8 Å². The molecule has 0 saturated carbocycles. The van der Waals surface area contributed by atoms with Crippen molar-refractivity contribution in [2.24, 2.45) is 0 Å². The van der Waals surface area contributed by atoms with Gasteiger partial charge in [-0.3, -0.25) is 4.72 Å². The Hall–Kier alpha value is -2.05. The number of carbonyl (C=O) groups excluding carboxylic acids is 1. The van der Waals surface area contributed by atoms with Crippen LogP contribution in [-0.4, -0.2) is 14.4 Å². The predicted molar refractivity (Wildman–Crippen MR) is 77.8 cm³/mol. The van der Waals surface area contributed by atoms with Crippen molar-refractivity contribution < 1.29 is 18.3 Å². The third-order valence-electron chi connectivity index (χ3n) is 2.75. The second kappa shape index (κ2) is 5.75. The molecule has 2 aromatic carbocycles. The zero-order chi connectivity index (χ0) is 15.6. The second-order valence-corrected chi connectivity index (χ2v) is 6.52. The molecule has 1 N–H and O–H groups in total. The van der Waals surface area contributed by atoms with E-state index in [9.17, 15) is 18.3 Å². The quantitative estimate of drug-likeness (QED) is 0.929. The number of carbonyl (C=O) groups is 1. The average molecular weight is 325 g/mol. The lowest BCUT2D eigenvalue weighted by atomic mass is 10.2.